The van der Waals surface area contributed by atoms with Crippen molar-refractivity contribution in [1.29, 1.82) is 0 Å². The first-order chi connectivity index (χ1) is 8.13. The Morgan fingerprint density at radius 1 is 1.24 bits per heavy atom. The van der Waals surface area contributed by atoms with E-state index < -0.39 is 6.17 Å². The molecule has 0 saturated carbocycles. The van der Waals surface area contributed by atoms with Gasteiger partial charge in [0.25, 0.3) is 0 Å². The van der Waals surface area contributed by atoms with E-state index in [2.05, 4.69) is 5.48 Å². The first-order valence-corrected chi connectivity index (χ1v) is 5.28. The molecule has 0 amide bonds. The van der Waals surface area contributed by atoms with Crippen LogP contribution in [-0.2, 0) is 11.4 Å². The van der Waals surface area contributed by atoms with E-state index in [0.717, 1.165) is 5.56 Å². The number of methoxy groups -OCH3 is 2. The van der Waals surface area contributed by atoms with Crippen LogP contribution in [0.3, 0.4) is 0 Å². The Balaban J connectivity index is 3.15. The van der Waals surface area contributed by atoms with E-state index in [9.17, 15) is 4.39 Å². The number of rotatable bonds is 6. The third kappa shape index (κ3) is 3.31. The van der Waals surface area contributed by atoms with Gasteiger partial charge in [-0.1, -0.05) is 0 Å². The van der Waals surface area contributed by atoms with Crippen molar-refractivity contribution in [2.24, 2.45) is 0 Å². The van der Waals surface area contributed by atoms with Gasteiger partial charge in [-0.2, -0.15) is 5.48 Å². The summed E-state index contributed by atoms with van der Waals surface area (Å²) in [5, 5.41) is 0. The lowest BCUT2D eigenvalue weighted by atomic mass is 10.1. The number of nitrogens with one attached hydrogen (secondary N) is 1. The van der Waals surface area contributed by atoms with Gasteiger partial charge in [-0.05, 0) is 24.6 Å². The van der Waals surface area contributed by atoms with Gasteiger partial charge in [0.15, 0.2) is 11.5 Å². The average molecular weight is 243 g/mol. The predicted octanol–water partition coefficient (Wildman–Crippen LogP) is 2.39. The fourth-order valence-corrected chi connectivity index (χ4v) is 1.61. The van der Waals surface area contributed by atoms with E-state index in [0.29, 0.717) is 23.6 Å². The molecule has 1 rings (SSSR count). The van der Waals surface area contributed by atoms with Crippen molar-refractivity contribution in [1.82, 2.24) is 5.48 Å². The Bertz CT molecular complexity index is 369. The highest BCUT2D eigenvalue weighted by molar-refractivity contribution is 5.50. The molecule has 1 aromatic carbocycles. The Labute approximate surface area is 101 Å². The number of halogens is 1. The summed E-state index contributed by atoms with van der Waals surface area (Å²) in [5.74, 6) is 0.950. The minimum absolute atomic E-state index is 0.434. The van der Waals surface area contributed by atoms with E-state index in [1.165, 1.54) is 28.3 Å². The zero-order valence-corrected chi connectivity index (χ0v) is 10.5. The van der Waals surface area contributed by atoms with E-state index >= 15 is 0 Å². The summed E-state index contributed by atoms with van der Waals surface area (Å²) in [4.78, 5) is 4.76. The van der Waals surface area contributed by atoms with Crippen LogP contribution in [0.4, 0.5) is 4.39 Å². The fourth-order valence-electron chi connectivity index (χ4n) is 1.61. The molecule has 0 saturated heterocycles. The number of hydroxylamine groups is 1. The normalized spacial score (nSPS) is 12.3. The van der Waals surface area contributed by atoms with Gasteiger partial charge in [0.05, 0.1) is 21.3 Å². The number of alkyl halides is 1. The first-order valence-electron chi connectivity index (χ1n) is 5.28. The fraction of sp³-hybridized carbons (Fsp3) is 0.500. The standard InChI is InChI=1S/C12H18FNO3/c1-8(13)10-5-9(7-14-17-4)6-11(15-2)12(10)16-3/h5-6,8,14H,7H2,1-4H3. The molecule has 96 valence electrons. The number of ether oxygens (including phenoxy) is 2. The zero-order chi connectivity index (χ0) is 12.8. The van der Waals surface area contributed by atoms with Gasteiger partial charge in [-0.25, -0.2) is 4.39 Å². The maximum Gasteiger partial charge on any atom is 0.166 e. The molecule has 0 radical (unpaired) electrons. The van der Waals surface area contributed by atoms with Crippen LogP contribution < -0.4 is 15.0 Å². The number of benzene rings is 1. The van der Waals surface area contributed by atoms with Crippen molar-refractivity contribution in [3.05, 3.63) is 23.3 Å². The summed E-state index contributed by atoms with van der Waals surface area (Å²) in [6.07, 6.45) is -1.12. The molecule has 1 aromatic rings. The van der Waals surface area contributed by atoms with Crippen LogP contribution in [0.5, 0.6) is 11.5 Å². The largest absolute Gasteiger partial charge is 0.493 e. The van der Waals surface area contributed by atoms with Gasteiger partial charge in [0.1, 0.15) is 6.17 Å². The van der Waals surface area contributed by atoms with Crippen LogP contribution in [0.2, 0.25) is 0 Å². The highest BCUT2D eigenvalue weighted by Gasteiger charge is 2.16. The summed E-state index contributed by atoms with van der Waals surface area (Å²) in [6, 6.07) is 3.52. The van der Waals surface area contributed by atoms with Crippen molar-refractivity contribution in [2.75, 3.05) is 21.3 Å². The van der Waals surface area contributed by atoms with Gasteiger partial charge in [-0.3, -0.25) is 0 Å². The minimum Gasteiger partial charge on any atom is -0.493 e. The van der Waals surface area contributed by atoms with E-state index in [1.54, 1.807) is 12.1 Å². The van der Waals surface area contributed by atoms with Gasteiger partial charge >= 0.3 is 0 Å². The van der Waals surface area contributed by atoms with Crippen molar-refractivity contribution < 1.29 is 18.7 Å². The Morgan fingerprint density at radius 3 is 2.41 bits per heavy atom. The van der Waals surface area contributed by atoms with Gasteiger partial charge < -0.3 is 14.3 Å². The monoisotopic (exact) mass is 243 g/mol. The molecule has 0 aliphatic rings. The van der Waals surface area contributed by atoms with Crippen molar-refractivity contribution in [2.45, 2.75) is 19.6 Å². The third-order valence-electron chi connectivity index (χ3n) is 2.42. The maximum absolute atomic E-state index is 13.5. The molecule has 0 fully saturated rings. The zero-order valence-electron chi connectivity index (χ0n) is 10.5. The quantitative estimate of drug-likeness (QED) is 0.779. The molecular weight excluding hydrogens is 225 g/mol. The lowest BCUT2D eigenvalue weighted by Crippen LogP contribution is -2.11. The molecule has 0 heterocycles. The Kier molecular flexibility index (Phi) is 5.18. The van der Waals surface area contributed by atoms with Crippen LogP contribution in [0.15, 0.2) is 12.1 Å². The maximum atomic E-state index is 13.5. The van der Waals surface area contributed by atoms with Crippen LogP contribution >= 0.6 is 0 Å². The van der Waals surface area contributed by atoms with Crippen molar-refractivity contribution in [3.63, 3.8) is 0 Å². The lowest BCUT2D eigenvalue weighted by Gasteiger charge is -2.15. The first kappa shape index (κ1) is 13.7. The topological polar surface area (TPSA) is 39.7 Å². The molecule has 0 aliphatic carbocycles. The van der Waals surface area contributed by atoms with Crippen LogP contribution in [0.25, 0.3) is 0 Å². The molecule has 0 aliphatic heterocycles. The molecule has 0 aromatic heterocycles. The van der Waals surface area contributed by atoms with E-state index in [-0.39, 0.29) is 0 Å². The molecule has 5 heteroatoms. The summed E-state index contributed by atoms with van der Waals surface area (Å²) < 4.78 is 23.9. The molecule has 0 bridgehead atoms. The second kappa shape index (κ2) is 6.42. The molecule has 1 atom stereocenters. The smallest absolute Gasteiger partial charge is 0.166 e. The second-order valence-corrected chi connectivity index (χ2v) is 3.56. The lowest BCUT2D eigenvalue weighted by molar-refractivity contribution is 0.0866. The molecule has 0 spiro atoms. The highest BCUT2D eigenvalue weighted by atomic mass is 19.1. The third-order valence-corrected chi connectivity index (χ3v) is 2.42. The van der Waals surface area contributed by atoms with Crippen molar-refractivity contribution in [3.8, 4) is 11.5 Å². The SMILES string of the molecule is CONCc1cc(OC)c(OC)c(C(C)F)c1. The summed E-state index contributed by atoms with van der Waals surface area (Å²) >= 11 is 0. The van der Waals surface area contributed by atoms with Gasteiger partial charge in [-0.15, -0.1) is 0 Å². The summed E-state index contributed by atoms with van der Waals surface area (Å²) in [7, 11) is 4.55. The van der Waals surface area contributed by atoms with E-state index in [4.69, 9.17) is 14.3 Å². The van der Waals surface area contributed by atoms with Crippen LogP contribution in [-0.4, -0.2) is 21.3 Å². The molecule has 1 unspecified atom stereocenters. The summed E-state index contributed by atoms with van der Waals surface area (Å²) in [6.45, 7) is 1.93. The van der Waals surface area contributed by atoms with Crippen LogP contribution in [0, 0.1) is 0 Å². The Morgan fingerprint density at radius 2 is 1.94 bits per heavy atom. The highest BCUT2D eigenvalue weighted by Crippen LogP contribution is 2.37. The van der Waals surface area contributed by atoms with E-state index in [1.807, 2.05) is 0 Å². The van der Waals surface area contributed by atoms with Crippen LogP contribution in [0.1, 0.15) is 24.2 Å². The Hall–Kier alpha value is -1.33. The predicted molar refractivity (Wildman–Crippen MR) is 62.9 cm³/mol. The molecular formula is C12H18FNO3. The average Bonchev–Trinajstić information content (AvgIpc) is 2.34. The number of hydrogen-bond donors (Lipinski definition) is 1. The summed E-state index contributed by atoms with van der Waals surface area (Å²) in [5.41, 5.74) is 4.04. The number of hydrogen-bond acceptors (Lipinski definition) is 4. The molecule has 17 heavy (non-hydrogen) atoms. The molecule has 4 nitrogen and oxygen atoms in total. The molecule has 1 N–H and O–H groups in total. The van der Waals surface area contributed by atoms with Gasteiger partial charge in [0.2, 0.25) is 0 Å². The minimum atomic E-state index is -1.12. The van der Waals surface area contributed by atoms with Gasteiger partial charge in [0, 0.05) is 12.1 Å². The second-order valence-electron chi connectivity index (χ2n) is 3.56. The van der Waals surface area contributed by atoms with Crippen molar-refractivity contribution >= 4 is 0 Å².